The summed E-state index contributed by atoms with van der Waals surface area (Å²) in [6, 6.07) is 5.55. The number of guanidine groups is 1. The molecule has 0 atom stereocenters. The van der Waals surface area contributed by atoms with Gasteiger partial charge in [0.2, 0.25) is 6.79 Å². The van der Waals surface area contributed by atoms with E-state index in [9.17, 15) is 0 Å². The van der Waals surface area contributed by atoms with Crippen LogP contribution in [0.4, 0.5) is 0 Å². The Morgan fingerprint density at radius 3 is 2.83 bits per heavy atom. The number of ether oxygens (including phenoxy) is 3. The second kappa shape index (κ2) is 8.47. The lowest BCUT2D eigenvalue weighted by Gasteiger charge is -2.31. The maximum Gasteiger partial charge on any atom is 0.231 e. The van der Waals surface area contributed by atoms with Crippen molar-refractivity contribution in [1.82, 2.24) is 4.90 Å². The summed E-state index contributed by atoms with van der Waals surface area (Å²) in [6.45, 7) is 5.59. The summed E-state index contributed by atoms with van der Waals surface area (Å²) in [5, 5.41) is 0. The fourth-order valence-corrected chi connectivity index (χ4v) is 2.63. The quantitative estimate of drug-likeness (QED) is 0.342. The lowest BCUT2D eigenvalue weighted by atomic mass is 10.00. The fraction of sp³-hybridized carbons (Fsp3) is 0.562. The molecule has 1 fully saturated rings. The number of nitrogens with two attached hydrogens (primary N) is 1. The van der Waals surface area contributed by atoms with Crippen LogP contribution < -0.4 is 19.9 Å². The third kappa shape index (κ3) is 4.79. The molecule has 0 amide bonds. The maximum atomic E-state index is 6.03. The van der Waals surface area contributed by atoms with E-state index in [0.717, 1.165) is 36.3 Å². The van der Waals surface area contributed by atoms with Gasteiger partial charge in [0.15, 0.2) is 17.5 Å². The summed E-state index contributed by atoms with van der Waals surface area (Å²) in [6.07, 6.45) is 2.37. The zero-order valence-corrected chi connectivity index (χ0v) is 15.7. The number of likely N-dealkylation sites (tertiary alicyclic amines) is 1. The number of hydrogen-bond acceptors (Lipinski definition) is 4. The summed E-state index contributed by atoms with van der Waals surface area (Å²) in [4.78, 5) is 6.55. The largest absolute Gasteiger partial charge is 0.492 e. The highest BCUT2D eigenvalue weighted by molar-refractivity contribution is 14.0. The molecule has 0 radical (unpaired) electrons. The molecule has 2 heterocycles. The van der Waals surface area contributed by atoms with Gasteiger partial charge in [0.25, 0.3) is 0 Å². The Kier molecular flexibility index (Phi) is 6.61. The van der Waals surface area contributed by atoms with Gasteiger partial charge >= 0.3 is 0 Å². The van der Waals surface area contributed by atoms with Crippen LogP contribution in [-0.4, -0.2) is 43.9 Å². The van der Waals surface area contributed by atoms with Gasteiger partial charge in [-0.3, -0.25) is 0 Å². The predicted molar refractivity (Wildman–Crippen MR) is 99.9 cm³/mol. The molecule has 7 heteroatoms. The van der Waals surface area contributed by atoms with Crippen molar-refractivity contribution in [3.8, 4) is 17.2 Å². The SMILES string of the molecule is CC1CCN(C(N)=NCCOc2ccc3c(c2)OCO3)CC1.I. The van der Waals surface area contributed by atoms with Crippen LogP contribution in [0, 0.1) is 5.92 Å². The molecule has 1 saturated heterocycles. The van der Waals surface area contributed by atoms with Gasteiger partial charge in [-0.25, -0.2) is 4.99 Å². The zero-order chi connectivity index (χ0) is 15.4. The number of benzene rings is 1. The third-order valence-corrected chi connectivity index (χ3v) is 4.09. The Bertz CT molecular complexity index is 545. The molecule has 2 aliphatic heterocycles. The molecule has 23 heavy (non-hydrogen) atoms. The van der Waals surface area contributed by atoms with Crippen molar-refractivity contribution in [2.75, 3.05) is 33.0 Å². The van der Waals surface area contributed by atoms with Crippen LogP contribution in [-0.2, 0) is 0 Å². The number of piperidine rings is 1. The number of aliphatic imine (C=N–C) groups is 1. The van der Waals surface area contributed by atoms with Crippen molar-refractivity contribution >= 4 is 29.9 Å². The molecule has 0 spiro atoms. The maximum absolute atomic E-state index is 6.03. The molecule has 0 aliphatic carbocycles. The second-order valence-corrected chi connectivity index (χ2v) is 5.77. The second-order valence-electron chi connectivity index (χ2n) is 5.77. The van der Waals surface area contributed by atoms with Crippen molar-refractivity contribution in [3.05, 3.63) is 18.2 Å². The first-order valence-electron chi connectivity index (χ1n) is 7.79. The zero-order valence-electron chi connectivity index (χ0n) is 13.4. The van der Waals surface area contributed by atoms with E-state index < -0.39 is 0 Å². The van der Waals surface area contributed by atoms with Crippen LogP contribution in [0.2, 0.25) is 0 Å². The lowest BCUT2D eigenvalue weighted by Crippen LogP contribution is -2.42. The molecule has 0 bridgehead atoms. The van der Waals surface area contributed by atoms with Crippen molar-refractivity contribution in [2.24, 2.45) is 16.6 Å². The molecule has 0 saturated carbocycles. The Hall–Kier alpha value is -1.38. The number of rotatable bonds is 4. The van der Waals surface area contributed by atoms with Gasteiger partial charge in [0.05, 0.1) is 6.54 Å². The Labute approximate surface area is 154 Å². The van der Waals surface area contributed by atoms with E-state index in [1.807, 2.05) is 18.2 Å². The molecular weight excluding hydrogens is 409 g/mol. The van der Waals surface area contributed by atoms with E-state index in [4.69, 9.17) is 19.9 Å². The molecular formula is C16H24IN3O3. The van der Waals surface area contributed by atoms with E-state index in [2.05, 4.69) is 16.8 Å². The predicted octanol–water partition coefficient (Wildman–Crippen LogP) is 2.46. The van der Waals surface area contributed by atoms with Crippen LogP contribution in [0.1, 0.15) is 19.8 Å². The van der Waals surface area contributed by atoms with Gasteiger partial charge in [-0.15, -0.1) is 24.0 Å². The van der Waals surface area contributed by atoms with Gasteiger partial charge in [-0.05, 0) is 30.9 Å². The van der Waals surface area contributed by atoms with Crippen LogP contribution in [0.15, 0.2) is 23.2 Å². The van der Waals surface area contributed by atoms with Gasteiger partial charge in [0.1, 0.15) is 12.4 Å². The molecule has 128 valence electrons. The average molecular weight is 433 g/mol. The Morgan fingerprint density at radius 2 is 2.04 bits per heavy atom. The third-order valence-electron chi connectivity index (χ3n) is 4.09. The standard InChI is InChI=1S/C16H23N3O3.HI/c1-12-4-7-19(8-5-12)16(17)18-6-9-20-13-2-3-14-15(10-13)22-11-21-14;/h2-3,10,12H,4-9,11H2,1H3,(H2,17,18);1H. The van der Waals surface area contributed by atoms with Crippen molar-refractivity contribution in [1.29, 1.82) is 0 Å². The van der Waals surface area contributed by atoms with Crippen molar-refractivity contribution < 1.29 is 14.2 Å². The molecule has 0 unspecified atom stereocenters. The van der Waals surface area contributed by atoms with E-state index in [0.29, 0.717) is 19.1 Å². The number of halogens is 1. The number of nitrogens with zero attached hydrogens (tertiary/aromatic N) is 2. The minimum atomic E-state index is 0. The summed E-state index contributed by atoms with van der Waals surface area (Å²) in [7, 11) is 0. The summed E-state index contributed by atoms with van der Waals surface area (Å²) in [5.41, 5.74) is 6.03. The van der Waals surface area contributed by atoms with Crippen molar-refractivity contribution in [3.63, 3.8) is 0 Å². The molecule has 3 rings (SSSR count). The first-order chi connectivity index (χ1) is 10.7. The first-order valence-corrected chi connectivity index (χ1v) is 7.79. The first kappa shape index (κ1) is 18.0. The van der Waals surface area contributed by atoms with Crippen LogP contribution >= 0.6 is 24.0 Å². The molecule has 1 aromatic carbocycles. The van der Waals surface area contributed by atoms with Crippen molar-refractivity contribution in [2.45, 2.75) is 19.8 Å². The topological polar surface area (TPSA) is 69.3 Å². The molecule has 6 nitrogen and oxygen atoms in total. The molecule has 2 aliphatic rings. The summed E-state index contributed by atoms with van der Waals surface area (Å²) < 4.78 is 16.2. The average Bonchev–Trinajstić information content (AvgIpc) is 2.99. The van der Waals surface area contributed by atoms with Crippen LogP contribution in [0.25, 0.3) is 0 Å². The minimum Gasteiger partial charge on any atom is -0.492 e. The van der Waals surface area contributed by atoms with Gasteiger partial charge in [-0.1, -0.05) is 6.92 Å². The highest BCUT2D eigenvalue weighted by atomic mass is 127. The van der Waals surface area contributed by atoms with Crippen LogP contribution in [0.5, 0.6) is 17.2 Å². The van der Waals surface area contributed by atoms with E-state index in [-0.39, 0.29) is 30.8 Å². The lowest BCUT2D eigenvalue weighted by molar-refractivity contribution is 0.173. The van der Waals surface area contributed by atoms with Crippen LogP contribution in [0.3, 0.4) is 0 Å². The minimum absolute atomic E-state index is 0. The number of fused-ring (bicyclic) bond motifs is 1. The van der Waals surface area contributed by atoms with Gasteiger partial charge in [0, 0.05) is 19.2 Å². The molecule has 0 aromatic heterocycles. The highest BCUT2D eigenvalue weighted by Crippen LogP contribution is 2.34. The van der Waals surface area contributed by atoms with E-state index in [1.165, 1.54) is 12.8 Å². The number of hydrogen-bond donors (Lipinski definition) is 1. The summed E-state index contributed by atoms with van der Waals surface area (Å²) >= 11 is 0. The summed E-state index contributed by atoms with van der Waals surface area (Å²) in [5.74, 6) is 3.65. The smallest absolute Gasteiger partial charge is 0.231 e. The highest BCUT2D eigenvalue weighted by Gasteiger charge is 2.17. The van der Waals surface area contributed by atoms with E-state index >= 15 is 0 Å². The Balaban J connectivity index is 0.00000192. The van der Waals surface area contributed by atoms with Gasteiger partial charge in [-0.2, -0.15) is 0 Å². The molecule has 1 aromatic rings. The van der Waals surface area contributed by atoms with Gasteiger partial charge < -0.3 is 24.8 Å². The Morgan fingerprint density at radius 1 is 1.30 bits per heavy atom. The normalized spacial score (nSPS) is 17.8. The van der Waals surface area contributed by atoms with E-state index in [1.54, 1.807) is 0 Å². The molecule has 2 N–H and O–H groups in total. The fourth-order valence-electron chi connectivity index (χ4n) is 2.63. The monoisotopic (exact) mass is 433 g/mol.